The van der Waals surface area contributed by atoms with Crippen LogP contribution in [0.2, 0.25) is 0 Å². The van der Waals surface area contributed by atoms with E-state index in [0.29, 0.717) is 29.8 Å². The van der Waals surface area contributed by atoms with Crippen LogP contribution in [0.25, 0.3) is 0 Å². The maximum absolute atomic E-state index is 14.1. The van der Waals surface area contributed by atoms with E-state index in [2.05, 4.69) is 27.7 Å². The van der Waals surface area contributed by atoms with Gasteiger partial charge in [0.25, 0.3) is 11.8 Å². The summed E-state index contributed by atoms with van der Waals surface area (Å²) in [5.74, 6) is -1.36. The SMILES string of the molecule is CCc1cccc(CN(C[C@@H](O)[C@@H](N)Cc2cc(F)cc(F)c2)C(=O)c2cc(C)cc(C(=O)N(CC(C)C)CC(C)C)c2)c1. The fourth-order valence-electron chi connectivity index (χ4n) is 5.40. The Morgan fingerprint density at radius 2 is 1.32 bits per heavy atom. The molecule has 44 heavy (non-hydrogen) atoms. The molecule has 0 fully saturated rings. The van der Waals surface area contributed by atoms with Crippen LogP contribution in [0.1, 0.15) is 77.6 Å². The average Bonchev–Trinajstić information content (AvgIpc) is 2.94. The van der Waals surface area contributed by atoms with Crippen molar-refractivity contribution in [3.05, 3.63) is 106 Å². The summed E-state index contributed by atoms with van der Waals surface area (Å²) in [6.07, 6.45) is -0.335. The van der Waals surface area contributed by atoms with Gasteiger partial charge in [0.1, 0.15) is 11.6 Å². The van der Waals surface area contributed by atoms with Gasteiger partial charge in [0, 0.05) is 49.4 Å². The van der Waals surface area contributed by atoms with Crippen molar-refractivity contribution in [3.63, 3.8) is 0 Å². The maximum atomic E-state index is 14.1. The fraction of sp³-hybridized carbons (Fsp3) is 0.444. The second-order valence-corrected chi connectivity index (χ2v) is 12.7. The van der Waals surface area contributed by atoms with Crippen LogP contribution < -0.4 is 5.73 Å². The standard InChI is InChI=1S/C36H47F2N3O3/c1-7-26-9-8-10-27(13-26)21-41(22-34(42)33(39)16-28-14-31(37)18-32(38)15-28)36(44)30-12-25(6)11-29(17-30)35(43)40(19-23(2)3)20-24(4)5/h8-15,17-18,23-24,33-34,42H,7,16,19-22,39H2,1-6H3/t33-,34+/m0/s1. The monoisotopic (exact) mass is 607 g/mol. The van der Waals surface area contributed by atoms with E-state index in [-0.39, 0.29) is 43.2 Å². The largest absolute Gasteiger partial charge is 0.390 e. The zero-order chi connectivity index (χ0) is 32.6. The van der Waals surface area contributed by atoms with Crippen LogP contribution in [0.3, 0.4) is 0 Å². The highest BCUT2D eigenvalue weighted by Gasteiger charge is 2.26. The summed E-state index contributed by atoms with van der Waals surface area (Å²) in [6.45, 7) is 13.5. The Morgan fingerprint density at radius 1 is 0.773 bits per heavy atom. The minimum atomic E-state index is -1.18. The number of nitrogens with two attached hydrogens (primary N) is 1. The molecule has 0 aliphatic heterocycles. The molecule has 8 heteroatoms. The maximum Gasteiger partial charge on any atom is 0.254 e. The Balaban J connectivity index is 1.93. The summed E-state index contributed by atoms with van der Waals surface area (Å²) < 4.78 is 27.5. The van der Waals surface area contributed by atoms with Gasteiger partial charge in [0.05, 0.1) is 6.10 Å². The van der Waals surface area contributed by atoms with Crippen molar-refractivity contribution >= 4 is 11.8 Å². The minimum Gasteiger partial charge on any atom is -0.390 e. The summed E-state index contributed by atoms with van der Waals surface area (Å²) in [6, 6.07) is 15.3. The number of aliphatic hydroxyl groups is 1. The van der Waals surface area contributed by atoms with Crippen LogP contribution >= 0.6 is 0 Å². The molecule has 2 atom stereocenters. The van der Waals surface area contributed by atoms with Gasteiger partial charge >= 0.3 is 0 Å². The van der Waals surface area contributed by atoms with Crippen molar-refractivity contribution in [1.82, 2.24) is 9.80 Å². The highest BCUT2D eigenvalue weighted by molar-refractivity contribution is 6.00. The molecular weight excluding hydrogens is 560 g/mol. The van der Waals surface area contributed by atoms with Gasteiger partial charge in [-0.1, -0.05) is 58.9 Å². The molecule has 0 radical (unpaired) electrons. The average molecular weight is 608 g/mol. The van der Waals surface area contributed by atoms with E-state index < -0.39 is 23.8 Å². The van der Waals surface area contributed by atoms with Gasteiger partial charge in [-0.15, -0.1) is 0 Å². The lowest BCUT2D eigenvalue weighted by Crippen LogP contribution is -2.46. The third kappa shape index (κ3) is 10.2. The van der Waals surface area contributed by atoms with Crippen LogP contribution in [0.4, 0.5) is 8.78 Å². The summed E-state index contributed by atoms with van der Waals surface area (Å²) in [5, 5.41) is 11.1. The molecule has 6 nitrogen and oxygen atoms in total. The highest BCUT2D eigenvalue weighted by Crippen LogP contribution is 2.20. The summed E-state index contributed by atoms with van der Waals surface area (Å²) >= 11 is 0. The second kappa shape index (κ2) is 15.9. The lowest BCUT2D eigenvalue weighted by Gasteiger charge is -2.29. The molecule has 3 rings (SSSR count). The van der Waals surface area contributed by atoms with Crippen LogP contribution in [-0.2, 0) is 19.4 Å². The van der Waals surface area contributed by atoms with Gasteiger partial charge < -0.3 is 20.6 Å². The highest BCUT2D eigenvalue weighted by atomic mass is 19.1. The smallest absolute Gasteiger partial charge is 0.254 e. The number of aryl methyl sites for hydroxylation is 2. The van der Waals surface area contributed by atoms with E-state index in [4.69, 9.17) is 5.73 Å². The minimum absolute atomic E-state index is 0.0217. The Bertz CT molecular complexity index is 1400. The number of benzene rings is 3. The van der Waals surface area contributed by atoms with Crippen molar-refractivity contribution in [1.29, 1.82) is 0 Å². The number of aliphatic hydroxyl groups excluding tert-OH is 1. The second-order valence-electron chi connectivity index (χ2n) is 12.7. The molecule has 0 bridgehead atoms. The number of nitrogens with zero attached hydrogens (tertiary/aromatic N) is 2. The summed E-state index contributed by atoms with van der Waals surface area (Å²) in [4.78, 5) is 31.1. The third-order valence-corrected chi connectivity index (χ3v) is 7.39. The van der Waals surface area contributed by atoms with E-state index in [9.17, 15) is 23.5 Å². The van der Waals surface area contributed by atoms with Gasteiger partial charge in [-0.3, -0.25) is 9.59 Å². The number of rotatable bonds is 14. The Kier molecular flexibility index (Phi) is 12.6. The van der Waals surface area contributed by atoms with Gasteiger partial charge in [-0.25, -0.2) is 8.78 Å². The van der Waals surface area contributed by atoms with Crippen molar-refractivity contribution in [2.75, 3.05) is 19.6 Å². The van der Waals surface area contributed by atoms with Crippen molar-refractivity contribution in [3.8, 4) is 0 Å². The van der Waals surface area contributed by atoms with E-state index in [1.54, 1.807) is 18.2 Å². The lowest BCUT2D eigenvalue weighted by molar-refractivity contribution is 0.0554. The molecule has 0 aliphatic carbocycles. The molecule has 3 aromatic carbocycles. The molecule has 238 valence electrons. The van der Waals surface area contributed by atoms with Crippen molar-refractivity contribution in [2.45, 2.75) is 73.1 Å². The first-order valence-corrected chi connectivity index (χ1v) is 15.4. The lowest BCUT2D eigenvalue weighted by atomic mass is 10.00. The first-order chi connectivity index (χ1) is 20.7. The molecule has 0 aliphatic rings. The predicted octanol–water partition coefficient (Wildman–Crippen LogP) is 6.16. The number of hydrogen-bond acceptors (Lipinski definition) is 4. The first kappa shape index (κ1) is 34.9. The van der Waals surface area contributed by atoms with Gasteiger partial charge in [0.2, 0.25) is 0 Å². The van der Waals surface area contributed by atoms with E-state index in [1.165, 1.54) is 17.0 Å². The third-order valence-electron chi connectivity index (χ3n) is 7.39. The normalized spacial score (nSPS) is 12.8. The van der Waals surface area contributed by atoms with Crippen LogP contribution in [0, 0.1) is 30.4 Å². The molecule has 0 aromatic heterocycles. The molecule has 2 amide bonds. The van der Waals surface area contributed by atoms with Gasteiger partial charge in [-0.2, -0.15) is 0 Å². The van der Waals surface area contributed by atoms with E-state index in [1.807, 2.05) is 43.0 Å². The topological polar surface area (TPSA) is 86.9 Å². The Morgan fingerprint density at radius 3 is 1.86 bits per heavy atom. The fourth-order valence-corrected chi connectivity index (χ4v) is 5.40. The molecule has 0 saturated heterocycles. The molecular formula is C36H47F2N3O3. The quantitative estimate of drug-likeness (QED) is 0.230. The van der Waals surface area contributed by atoms with Gasteiger partial charge in [-0.05, 0) is 84.2 Å². The van der Waals surface area contributed by atoms with Crippen LogP contribution in [0.15, 0.2) is 60.7 Å². The molecule has 0 unspecified atom stereocenters. The number of carbonyl (C=O) groups is 2. The molecule has 3 N–H and O–H groups in total. The number of amides is 2. The molecule has 3 aromatic rings. The van der Waals surface area contributed by atoms with Crippen molar-refractivity contribution in [2.24, 2.45) is 17.6 Å². The zero-order valence-electron chi connectivity index (χ0n) is 26.8. The van der Waals surface area contributed by atoms with Crippen LogP contribution in [0.5, 0.6) is 0 Å². The van der Waals surface area contributed by atoms with Gasteiger partial charge in [0.15, 0.2) is 0 Å². The zero-order valence-corrected chi connectivity index (χ0v) is 26.8. The Labute approximate surface area is 260 Å². The number of carbonyl (C=O) groups excluding carboxylic acids is 2. The first-order valence-electron chi connectivity index (χ1n) is 15.4. The number of hydrogen-bond donors (Lipinski definition) is 2. The predicted molar refractivity (Wildman–Crippen MR) is 171 cm³/mol. The van der Waals surface area contributed by atoms with Crippen molar-refractivity contribution < 1.29 is 23.5 Å². The van der Waals surface area contributed by atoms with Crippen LogP contribution in [-0.4, -0.2) is 58.5 Å². The van der Waals surface area contributed by atoms with E-state index in [0.717, 1.165) is 29.2 Å². The number of halogens is 2. The van der Waals surface area contributed by atoms with E-state index >= 15 is 0 Å². The Hall–Kier alpha value is -3.62. The summed E-state index contributed by atoms with van der Waals surface area (Å²) in [5.41, 5.74) is 10.1. The molecule has 0 saturated carbocycles. The molecule has 0 heterocycles. The molecule has 0 spiro atoms. The summed E-state index contributed by atoms with van der Waals surface area (Å²) in [7, 11) is 0.